The first-order valence-electron chi connectivity index (χ1n) is 8.51. The maximum Gasteiger partial charge on any atom is 0.355 e. The Morgan fingerprint density at radius 2 is 2.00 bits per heavy atom. The fourth-order valence-corrected chi connectivity index (χ4v) is 2.31. The van der Waals surface area contributed by atoms with Crippen LogP contribution in [0.5, 0.6) is 0 Å². The molecule has 0 aliphatic carbocycles. The van der Waals surface area contributed by atoms with Gasteiger partial charge in [-0.2, -0.15) is 0 Å². The van der Waals surface area contributed by atoms with Gasteiger partial charge in [-0.05, 0) is 37.3 Å². The lowest BCUT2D eigenvalue weighted by Crippen LogP contribution is -2.20. The van der Waals surface area contributed by atoms with Crippen LogP contribution in [0.4, 0.5) is 10.1 Å². The molecule has 0 spiro atoms. The highest BCUT2D eigenvalue weighted by Crippen LogP contribution is 2.19. The van der Waals surface area contributed by atoms with E-state index >= 15 is 0 Å². The van der Waals surface area contributed by atoms with Gasteiger partial charge in [-0.25, -0.2) is 14.0 Å². The van der Waals surface area contributed by atoms with Crippen molar-refractivity contribution in [2.24, 2.45) is 0 Å². The Kier molecular flexibility index (Phi) is 8.17. The number of anilines is 1. The maximum absolute atomic E-state index is 13.3. The minimum Gasteiger partial charge on any atom is -0.464 e. The lowest BCUT2D eigenvalue weighted by atomic mass is 10.2. The molecule has 2 N–H and O–H groups in total. The van der Waals surface area contributed by atoms with Crippen LogP contribution >= 0.6 is 11.6 Å². The molecular formula is C20H19ClFN3O4. The van der Waals surface area contributed by atoms with E-state index in [0.717, 1.165) is 0 Å². The van der Waals surface area contributed by atoms with Crippen LogP contribution in [-0.4, -0.2) is 30.6 Å². The highest BCUT2D eigenvalue weighted by molar-refractivity contribution is 6.31. The number of nitrogens with zero attached hydrogens (tertiary/aromatic N) is 1. The summed E-state index contributed by atoms with van der Waals surface area (Å²) in [5.41, 5.74) is 0.901. The summed E-state index contributed by atoms with van der Waals surface area (Å²) < 4.78 is 23.0. The van der Waals surface area contributed by atoms with E-state index in [-0.39, 0.29) is 22.9 Å². The molecule has 0 saturated carbocycles. The van der Waals surface area contributed by atoms with Gasteiger partial charge in [0.05, 0.1) is 24.4 Å². The third kappa shape index (κ3) is 6.32. The molecule has 1 aromatic heterocycles. The zero-order valence-corrected chi connectivity index (χ0v) is 16.5. The molecule has 1 aromatic carbocycles. The molecule has 0 unspecified atom stereocenters. The summed E-state index contributed by atoms with van der Waals surface area (Å²) in [6, 6.07) is 9.04. The molecule has 7 nitrogen and oxygen atoms in total. The first kappa shape index (κ1) is 21.9. The number of halogens is 2. The number of pyridine rings is 1. The van der Waals surface area contributed by atoms with Gasteiger partial charge in [0.2, 0.25) is 0 Å². The predicted octanol–water partition coefficient (Wildman–Crippen LogP) is 3.49. The molecule has 2 aromatic rings. The number of esters is 2. The van der Waals surface area contributed by atoms with Gasteiger partial charge in [0.1, 0.15) is 17.1 Å². The van der Waals surface area contributed by atoms with E-state index in [1.807, 2.05) is 0 Å². The quantitative estimate of drug-likeness (QED) is 0.500. The van der Waals surface area contributed by atoms with Gasteiger partial charge >= 0.3 is 11.9 Å². The lowest BCUT2D eigenvalue weighted by molar-refractivity contribution is -0.137. The van der Waals surface area contributed by atoms with Crippen LogP contribution in [0.1, 0.15) is 12.6 Å². The van der Waals surface area contributed by atoms with Crippen molar-refractivity contribution in [2.45, 2.75) is 6.92 Å². The minimum absolute atomic E-state index is 0.0225. The van der Waals surface area contributed by atoms with Crippen molar-refractivity contribution < 1.29 is 23.5 Å². The fourth-order valence-electron chi connectivity index (χ4n) is 2.13. The first-order chi connectivity index (χ1) is 14.0. The molecule has 29 heavy (non-hydrogen) atoms. The summed E-state index contributed by atoms with van der Waals surface area (Å²) in [6.07, 6.45) is 4.12. The number of aromatic nitrogens is 1. The highest BCUT2D eigenvalue weighted by Gasteiger charge is 2.16. The summed E-state index contributed by atoms with van der Waals surface area (Å²) in [5, 5.41) is 5.45. The number of rotatable bonds is 8. The van der Waals surface area contributed by atoms with E-state index in [9.17, 15) is 14.0 Å². The average Bonchev–Trinajstić information content (AvgIpc) is 2.73. The smallest absolute Gasteiger partial charge is 0.355 e. The Hall–Kier alpha value is -3.39. The number of methoxy groups -OCH3 is 1. The van der Waals surface area contributed by atoms with Crippen molar-refractivity contribution >= 4 is 34.8 Å². The highest BCUT2D eigenvalue weighted by atomic mass is 35.5. The molecule has 0 atom stereocenters. The number of carbonyl (C=O) groups is 2. The number of benzene rings is 1. The zero-order valence-electron chi connectivity index (χ0n) is 15.7. The molecule has 0 amide bonds. The van der Waals surface area contributed by atoms with Crippen LogP contribution in [-0.2, 0) is 19.1 Å². The van der Waals surface area contributed by atoms with Crippen molar-refractivity contribution in [2.75, 3.05) is 19.0 Å². The summed E-state index contributed by atoms with van der Waals surface area (Å²) in [4.78, 5) is 28.5. The van der Waals surface area contributed by atoms with Crippen LogP contribution in [0.2, 0.25) is 5.02 Å². The average molecular weight is 420 g/mol. The largest absolute Gasteiger partial charge is 0.464 e. The minimum atomic E-state index is -0.703. The number of hydrogen-bond acceptors (Lipinski definition) is 7. The number of ether oxygens (including phenoxy) is 2. The van der Waals surface area contributed by atoms with E-state index in [0.29, 0.717) is 11.4 Å². The van der Waals surface area contributed by atoms with Gasteiger partial charge in [-0.3, -0.25) is 4.98 Å². The van der Waals surface area contributed by atoms with Crippen molar-refractivity contribution in [1.29, 1.82) is 0 Å². The van der Waals surface area contributed by atoms with Gasteiger partial charge in [-0.15, -0.1) is 0 Å². The molecule has 0 saturated heterocycles. The second-order valence-electron chi connectivity index (χ2n) is 5.46. The SMILES string of the molecule is CCOC(=O)/C(=C/N/C(=C/Nc1ccc(F)c(Cl)c1)C(=O)OC)c1ccccn1. The van der Waals surface area contributed by atoms with E-state index in [1.165, 1.54) is 43.9 Å². The van der Waals surface area contributed by atoms with Crippen LogP contribution in [0, 0.1) is 5.82 Å². The van der Waals surface area contributed by atoms with Gasteiger partial charge in [0.25, 0.3) is 0 Å². The standard InChI is InChI=1S/C20H19ClFN3O4/c1-3-29-19(26)14(17-6-4-5-9-23-17)11-25-18(20(27)28-2)12-24-13-7-8-16(22)15(21)10-13/h4-12,24-25H,3H2,1-2H3/b14-11+,18-12+. The Labute approximate surface area is 172 Å². The van der Waals surface area contributed by atoms with E-state index < -0.39 is 17.8 Å². The number of carbonyl (C=O) groups excluding carboxylic acids is 2. The topological polar surface area (TPSA) is 89.6 Å². The maximum atomic E-state index is 13.3. The molecular weight excluding hydrogens is 401 g/mol. The van der Waals surface area contributed by atoms with Gasteiger partial charge < -0.3 is 20.1 Å². The summed E-state index contributed by atoms with van der Waals surface area (Å²) in [6.45, 7) is 1.86. The third-order valence-corrected chi connectivity index (χ3v) is 3.81. The third-order valence-electron chi connectivity index (χ3n) is 3.52. The Balaban J connectivity index is 2.29. The Morgan fingerprint density at radius 1 is 1.21 bits per heavy atom. The van der Waals surface area contributed by atoms with Gasteiger partial charge in [-0.1, -0.05) is 17.7 Å². The molecule has 0 radical (unpaired) electrons. The molecule has 152 valence electrons. The fraction of sp³-hybridized carbons (Fsp3) is 0.150. The first-order valence-corrected chi connectivity index (χ1v) is 8.89. The lowest BCUT2D eigenvalue weighted by Gasteiger charge is -2.10. The van der Waals surface area contributed by atoms with E-state index in [1.54, 1.807) is 25.1 Å². The van der Waals surface area contributed by atoms with Crippen LogP contribution in [0.3, 0.4) is 0 Å². The zero-order chi connectivity index (χ0) is 21.2. The second-order valence-corrected chi connectivity index (χ2v) is 5.87. The molecule has 0 bridgehead atoms. The molecule has 2 rings (SSSR count). The summed E-state index contributed by atoms with van der Waals surface area (Å²) in [7, 11) is 1.21. The van der Waals surface area contributed by atoms with Crippen molar-refractivity contribution in [1.82, 2.24) is 10.3 Å². The van der Waals surface area contributed by atoms with Crippen LogP contribution < -0.4 is 10.6 Å². The van der Waals surface area contributed by atoms with Gasteiger partial charge in [0, 0.05) is 24.3 Å². The Bertz CT molecular complexity index is 933. The number of nitrogens with one attached hydrogen (secondary N) is 2. The van der Waals surface area contributed by atoms with E-state index in [2.05, 4.69) is 15.6 Å². The molecule has 1 heterocycles. The monoisotopic (exact) mass is 419 g/mol. The van der Waals surface area contributed by atoms with Gasteiger partial charge in [0.15, 0.2) is 0 Å². The molecule has 0 fully saturated rings. The van der Waals surface area contributed by atoms with Crippen LogP contribution in [0.15, 0.2) is 60.7 Å². The van der Waals surface area contributed by atoms with Crippen molar-refractivity contribution in [3.8, 4) is 0 Å². The number of hydrogen-bond donors (Lipinski definition) is 2. The summed E-state index contributed by atoms with van der Waals surface area (Å²) >= 11 is 5.74. The predicted molar refractivity (Wildman–Crippen MR) is 107 cm³/mol. The molecule has 9 heteroatoms. The van der Waals surface area contributed by atoms with Crippen molar-refractivity contribution in [3.63, 3.8) is 0 Å². The molecule has 0 aliphatic rings. The van der Waals surface area contributed by atoms with Crippen LogP contribution in [0.25, 0.3) is 5.57 Å². The Morgan fingerprint density at radius 3 is 2.62 bits per heavy atom. The van der Waals surface area contributed by atoms with Crippen molar-refractivity contribution in [3.05, 3.63) is 77.2 Å². The summed E-state index contributed by atoms with van der Waals surface area (Å²) in [5.74, 6) is -1.88. The second kappa shape index (κ2) is 10.8. The normalized spacial score (nSPS) is 11.6. The molecule has 0 aliphatic heterocycles. The van der Waals surface area contributed by atoms with E-state index in [4.69, 9.17) is 21.1 Å².